The SMILES string of the molecule is CCCSc1cc(=O)c2c(OC)ccc(OC)c2o1. The molecule has 1 aromatic carbocycles. The highest BCUT2D eigenvalue weighted by atomic mass is 32.2. The van der Waals surface area contributed by atoms with Gasteiger partial charge in [-0.05, 0) is 18.6 Å². The third-order valence-corrected chi connectivity index (χ3v) is 3.77. The summed E-state index contributed by atoms with van der Waals surface area (Å²) in [5.41, 5.74) is 0.323. The molecule has 4 nitrogen and oxygen atoms in total. The number of hydrogen-bond donors (Lipinski definition) is 0. The average molecular weight is 280 g/mol. The minimum atomic E-state index is -0.115. The average Bonchev–Trinajstić information content (AvgIpc) is 2.43. The van der Waals surface area contributed by atoms with Gasteiger partial charge >= 0.3 is 0 Å². The maximum Gasteiger partial charge on any atom is 0.197 e. The molecule has 2 aromatic rings. The summed E-state index contributed by atoms with van der Waals surface area (Å²) in [6.07, 6.45) is 1.02. The summed E-state index contributed by atoms with van der Waals surface area (Å²) in [6.45, 7) is 2.08. The van der Waals surface area contributed by atoms with E-state index >= 15 is 0 Å². The third kappa shape index (κ3) is 2.71. The lowest BCUT2D eigenvalue weighted by Crippen LogP contribution is -2.03. The molecule has 0 spiro atoms. The Labute approximate surface area is 115 Å². The van der Waals surface area contributed by atoms with Gasteiger partial charge in [-0.1, -0.05) is 18.7 Å². The summed E-state index contributed by atoms with van der Waals surface area (Å²) >= 11 is 1.52. The van der Waals surface area contributed by atoms with Gasteiger partial charge in [-0.15, -0.1) is 0 Å². The first kappa shape index (κ1) is 13.8. The Morgan fingerprint density at radius 3 is 2.53 bits per heavy atom. The first-order valence-electron chi connectivity index (χ1n) is 6.03. The van der Waals surface area contributed by atoms with Crippen LogP contribution in [0.25, 0.3) is 11.0 Å². The highest BCUT2D eigenvalue weighted by molar-refractivity contribution is 7.99. The smallest absolute Gasteiger partial charge is 0.197 e. The molecule has 0 radical (unpaired) electrons. The Morgan fingerprint density at radius 1 is 1.21 bits per heavy atom. The summed E-state index contributed by atoms with van der Waals surface area (Å²) in [6, 6.07) is 4.94. The lowest BCUT2D eigenvalue weighted by molar-refractivity contribution is 0.393. The second-order valence-electron chi connectivity index (χ2n) is 3.95. The van der Waals surface area contributed by atoms with Crippen LogP contribution in [0.4, 0.5) is 0 Å². The zero-order valence-corrected chi connectivity index (χ0v) is 12.0. The van der Waals surface area contributed by atoms with Crippen molar-refractivity contribution in [1.29, 1.82) is 0 Å². The van der Waals surface area contributed by atoms with Crippen molar-refractivity contribution in [2.45, 2.75) is 18.4 Å². The minimum absolute atomic E-state index is 0.115. The molecule has 19 heavy (non-hydrogen) atoms. The van der Waals surface area contributed by atoms with Crippen LogP contribution >= 0.6 is 11.8 Å². The van der Waals surface area contributed by atoms with Gasteiger partial charge < -0.3 is 13.9 Å². The highest BCUT2D eigenvalue weighted by Gasteiger charge is 2.14. The van der Waals surface area contributed by atoms with E-state index < -0.39 is 0 Å². The number of benzene rings is 1. The van der Waals surface area contributed by atoms with Crippen LogP contribution in [0.2, 0.25) is 0 Å². The predicted molar refractivity (Wildman–Crippen MR) is 76.6 cm³/mol. The maximum absolute atomic E-state index is 12.2. The molecular formula is C14H16O4S. The monoisotopic (exact) mass is 280 g/mol. The summed E-state index contributed by atoms with van der Waals surface area (Å²) in [5.74, 6) is 1.93. The van der Waals surface area contributed by atoms with Crippen molar-refractivity contribution < 1.29 is 13.9 Å². The van der Waals surface area contributed by atoms with E-state index in [1.807, 2.05) is 0 Å². The number of ether oxygens (including phenoxy) is 2. The van der Waals surface area contributed by atoms with E-state index in [4.69, 9.17) is 13.9 Å². The Kier molecular flexibility index (Phi) is 4.37. The van der Waals surface area contributed by atoms with E-state index in [2.05, 4.69) is 6.92 Å². The van der Waals surface area contributed by atoms with E-state index in [1.165, 1.54) is 24.9 Å². The van der Waals surface area contributed by atoms with E-state index in [-0.39, 0.29) is 5.43 Å². The minimum Gasteiger partial charge on any atom is -0.496 e. The number of rotatable bonds is 5. The molecular weight excluding hydrogens is 264 g/mol. The molecule has 0 aliphatic carbocycles. The van der Waals surface area contributed by atoms with Crippen molar-refractivity contribution in [3.63, 3.8) is 0 Å². The Hall–Kier alpha value is -1.62. The van der Waals surface area contributed by atoms with Crippen LogP contribution in [-0.2, 0) is 0 Å². The maximum atomic E-state index is 12.2. The van der Waals surface area contributed by atoms with Crippen molar-refractivity contribution >= 4 is 22.7 Å². The molecule has 0 bridgehead atoms. The van der Waals surface area contributed by atoms with Gasteiger partial charge in [0.25, 0.3) is 0 Å². The topological polar surface area (TPSA) is 48.7 Å². The number of methoxy groups -OCH3 is 2. The lowest BCUT2D eigenvalue weighted by Gasteiger charge is -2.09. The zero-order chi connectivity index (χ0) is 13.8. The fourth-order valence-corrected chi connectivity index (χ4v) is 2.53. The molecule has 1 aromatic heterocycles. The van der Waals surface area contributed by atoms with E-state index in [1.54, 1.807) is 19.2 Å². The van der Waals surface area contributed by atoms with Gasteiger partial charge in [0.05, 0.1) is 14.2 Å². The molecule has 0 aliphatic heterocycles. The summed E-state index contributed by atoms with van der Waals surface area (Å²) in [5, 5.41) is 1.02. The highest BCUT2D eigenvalue weighted by Crippen LogP contribution is 2.33. The molecule has 1 heterocycles. The molecule has 0 unspecified atom stereocenters. The van der Waals surface area contributed by atoms with Crippen LogP contribution in [-0.4, -0.2) is 20.0 Å². The van der Waals surface area contributed by atoms with Gasteiger partial charge in [0.2, 0.25) is 0 Å². The van der Waals surface area contributed by atoms with E-state index in [9.17, 15) is 4.79 Å². The van der Waals surface area contributed by atoms with Gasteiger partial charge in [0.1, 0.15) is 11.1 Å². The van der Waals surface area contributed by atoms with Crippen LogP contribution < -0.4 is 14.9 Å². The molecule has 0 fully saturated rings. The van der Waals surface area contributed by atoms with Gasteiger partial charge in [-0.25, -0.2) is 0 Å². The molecule has 0 amide bonds. The first-order valence-corrected chi connectivity index (χ1v) is 7.01. The molecule has 0 saturated heterocycles. The van der Waals surface area contributed by atoms with Crippen LogP contribution in [0.5, 0.6) is 11.5 Å². The molecule has 0 N–H and O–H groups in total. The summed E-state index contributed by atoms with van der Waals surface area (Å²) in [4.78, 5) is 12.2. The van der Waals surface area contributed by atoms with E-state index in [0.29, 0.717) is 27.6 Å². The van der Waals surface area contributed by atoms with Gasteiger partial charge in [-0.3, -0.25) is 4.79 Å². The van der Waals surface area contributed by atoms with Crippen LogP contribution in [0.1, 0.15) is 13.3 Å². The van der Waals surface area contributed by atoms with Crippen LogP contribution in [0.15, 0.2) is 32.5 Å². The Morgan fingerprint density at radius 2 is 1.89 bits per heavy atom. The summed E-state index contributed by atoms with van der Waals surface area (Å²) < 4.78 is 16.2. The zero-order valence-electron chi connectivity index (χ0n) is 11.2. The number of fused-ring (bicyclic) bond motifs is 1. The Bertz CT molecular complexity index is 633. The molecule has 0 saturated carbocycles. The van der Waals surface area contributed by atoms with Crippen molar-refractivity contribution in [2.24, 2.45) is 0 Å². The predicted octanol–water partition coefficient (Wildman–Crippen LogP) is 3.31. The van der Waals surface area contributed by atoms with E-state index in [0.717, 1.165) is 12.2 Å². The second kappa shape index (κ2) is 6.02. The van der Waals surface area contributed by atoms with Crippen molar-refractivity contribution in [2.75, 3.05) is 20.0 Å². The third-order valence-electron chi connectivity index (χ3n) is 2.67. The normalized spacial score (nSPS) is 10.7. The molecule has 0 atom stereocenters. The Balaban J connectivity index is 2.67. The second-order valence-corrected chi connectivity index (χ2v) is 5.05. The van der Waals surface area contributed by atoms with Crippen molar-refractivity contribution in [1.82, 2.24) is 0 Å². The van der Waals surface area contributed by atoms with Crippen LogP contribution in [0, 0.1) is 0 Å². The molecule has 2 rings (SSSR count). The van der Waals surface area contributed by atoms with Crippen molar-refractivity contribution in [3.05, 3.63) is 28.4 Å². The fraction of sp³-hybridized carbons (Fsp3) is 0.357. The van der Waals surface area contributed by atoms with Crippen LogP contribution in [0.3, 0.4) is 0 Å². The largest absolute Gasteiger partial charge is 0.496 e. The van der Waals surface area contributed by atoms with Gasteiger partial charge in [0.15, 0.2) is 21.9 Å². The number of hydrogen-bond acceptors (Lipinski definition) is 5. The van der Waals surface area contributed by atoms with Gasteiger partial charge in [-0.2, -0.15) is 0 Å². The van der Waals surface area contributed by atoms with Crippen molar-refractivity contribution in [3.8, 4) is 11.5 Å². The molecule has 5 heteroatoms. The standard InChI is InChI=1S/C14H16O4S/c1-4-7-19-12-8-9(15)13-10(16-2)5-6-11(17-3)14(13)18-12/h5-6,8H,4,7H2,1-3H3. The van der Waals surface area contributed by atoms with Gasteiger partial charge in [0, 0.05) is 11.8 Å². The fourth-order valence-electron chi connectivity index (χ4n) is 1.79. The molecule has 102 valence electrons. The summed E-state index contributed by atoms with van der Waals surface area (Å²) in [7, 11) is 3.08. The lowest BCUT2D eigenvalue weighted by atomic mass is 10.2. The molecule has 0 aliphatic rings. The number of thioether (sulfide) groups is 1. The quantitative estimate of drug-likeness (QED) is 0.786. The first-order chi connectivity index (χ1) is 9.21.